The fourth-order valence-corrected chi connectivity index (χ4v) is 1.23. The summed E-state index contributed by atoms with van der Waals surface area (Å²) in [4.78, 5) is 20.0. The first-order valence-electron chi connectivity index (χ1n) is 6.43. The summed E-state index contributed by atoms with van der Waals surface area (Å²) in [5.41, 5.74) is 0. The lowest BCUT2D eigenvalue weighted by Gasteiger charge is -2.13. The second-order valence-electron chi connectivity index (χ2n) is 3.81. The molecule has 0 aliphatic carbocycles. The third-order valence-electron chi connectivity index (χ3n) is 2.12. The minimum absolute atomic E-state index is 0.184. The molecule has 0 aromatic rings. The summed E-state index contributed by atoms with van der Waals surface area (Å²) < 4.78 is 14.5. The molecule has 114 valence electrons. The van der Waals surface area contributed by atoms with Crippen LogP contribution in [0.2, 0.25) is 0 Å². The fourth-order valence-electron chi connectivity index (χ4n) is 1.23. The summed E-state index contributed by atoms with van der Waals surface area (Å²) in [5, 5.41) is 7.92. The Bertz CT molecular complexity index is 229. The van der Waals surface area contributed by atoms with Crippen molar-refractivity contribution in [3.63, 3.8) is 0 Å². The van der Waals surface area contributed by atoms with Gasteiger partial charge in [0.2, 0.25) is 0 Å². The Labute approximate surface area is 115 Å². The number of methoxy groups -OCH3 is 1. The topological polar surface area (TPSA) is 82.1 Å². The molecule has 0 rings (SSSR count). The molecule has 0 radical (unpaired) electrons. The third kappa shape index (κ3) is 19.4. The van der Waals surface area contributed by atoms with Crippen LogP contribution in [0, 0.1) is 0 Å². The summed E-state index contributed by atoms with van der Waals surface area (Å²) in [7, 11) is 1.69. The lowest BCUT2D eigenvalue weighted by Crippen LogP contribution is -2.14. The second-order valence-corrected chi connectivity index (χ2v) is 3.81. The van der Waals surface area contributed by atoms with Crippen molar-refractivity contribution in [3.8, 4) is 0 Å². The molecule has 0 amide bonds. The number of aliphatic carboxylic acids is 1. The molecule has 0 saturated carbocycles. The third-order valence-corrected chi connectivity index (χ3v) is 2.12. The smallest absolute Gasteiger partial charge is 0.329 e. The normalized spacial score (nSPS) is 11.2. The van der Waals surface area contributed by atoms with Crippen molar-refractivity contribution in [1.82, 2.24) is 0 Å². The van der Waals surface area contributed by atoms with Crippen molar-refractivity contribution in [2.24, 2.45) is 0 Å². The van der Waals surface area contributed by atoms with Crippen LogP contribution in [-0.4, -0.2) is 50.1 Å². The zero-order chi connectivity index (χ0) is 15.1. The van der Waals surface area contributed by atoms with Crippen molar-refractivity contribution in [2.45, 2.75) is 46.1 Å². The number of rotatable bonds is 9. The molecule has 0 fully saturated rings. The molecule has 6 nitrogen and oxygen atoms in total. The summed E-state index contributed by atoms with van der Waals surface area (Å²) >= 11 is 0. The number of hydrogen-bond acceptors (Lipinski definition) is 5. The molecule has 0 aliphatic rings. The number of esters is 1. The zero-order valence-electron chi connectivity index (χ0n) is 12.3. The van der Waals surface area contributed by atoms with Gasteiger partial charge in [-0.2, -0.15) is 0 Å². The van der Waals surface area contributed by atoms with Crippen molar-refractivity contribution in [1.29, 1.82) is 0 Å². The average Bonchev–Trinajstić information content (AvgIpc) is 2.35. The van der Waals surface area contributed by atoms with E-state index < -0.39 is 5.97 Å². The largest absolute Gasteiger partial charge is 0.480 e. The maximum Gasteiger partial charge on any atom is 0.329 e. The van der Waals surface area contributed by atoms with Gasteiger partial charge in [0.1, 0.15) is 6.61 Å². The van der Waals surface area contributed by atoms with Gasteiger partial charge < -0.3 is 19.3 Å². The van der Waals surface area contributed by atoms with E-state index >= 15 is 0 Å². The average molecular weight is 278 g/mol. The first-order valence-corrected chi connectivity index (χ1v) is 6.43. The van der Waals surface area contributed by atoms with Gasteiger partial charge in [-0.3, -0.25) is 4.79 Å². The van der Waals surface area contributed by atoms with Crippen molar-refractivity contribution >= 4 is 11.9 Å². The van der Waals surface area contributed by atoms with E-state index in [9.17, 15) is 9.59 Å². The first-order chi connectivity index (χ1) is 8.97. The van der Waals surface area contributed by atoms with Crippen molar-refractivity contribution in [3.05, 3.63) is 0 Å². The number of carbonyl (C=O) groups excluding carboxylic acids is 1. The maximum absolute atomic E-state index is 10.4. The molecule has 19 heavy (non-hydrogen) atoms. The fraction of sp³-hybridized carbons (Fsp3) is 0.846. The maximum atomic E-state index is 10.4. The van der Waals surface area contributed by atoms with Gasteiger partial charge in [-0.05, 0) is 13.3 Å². The Morgan fingerprint density at radius 3 is 2.16 bits per heavy atom. The Morgan fingerprint density at radius 2 is 1.84 bits per heavy atom. The molecular formula is C13H26O6. The molecule has 0 heterocycles. The lowest BCUT2D eigenvalue weighted by atomic mass is 10.1. The Hall–Kier alpha value is -1.14. The second kappa shape index (κ2) is 14.9. The molecule has 0 bridgehead atoms. The van der Waals surface area contributed by atoms with E-state index in [2.05, 4.69) is 11.7 Å². The highest BCUT2D eigenvalue weighted by atomic mass is 16.5. The van der Waals surface area contributed by atoms with Gasteiger partial charge >= 0.3 is 11.9 Å². The molecule has 0 aromatic carbocycles. The molecular weight excluding hydrogens is 252 g/mol. The van der Waals surface area contributed by atoms with Gasteiger partial charge in [0.25, 0.3) is 0 Å². The van der Waals surface area contributed by atoms with E-state index in [1.807, 2.05) is 0 Å². The lowest BCUT2D eigenvalue weighted by molar-refractivity contribution is -0.142. The molecule has 1 atom stereocenters. The predicted octanol–water partition coefficient (Wildman–Crippen LogP) is 1.86. The number of carboxylic acids is 1. The van der Waals surface area contributed by atoms with Gasteiger partial charge in [-0.15, -0.1) is 0 Å². The van der Waals surface area contributed by atoms with Crippen LogP contribution in [0.15, 0.2) is 0 Å². The summed E-state index contributed by atoms with van der Waals surface area (Å²) in [6, 6.07) is 0. The van der Waals surface area contributed by atoms with E-state index in [4.69, 9.17) is 14.6 Å². The number of carbonyl (C=O) groups is 2. The van der Waals surface area contributed by atoms with Crippen LogP contribution in [0.4, 0.5) is 0 Å². The Kier molecular flexibility index (Phi) is 15.8. The summed E-state index contributed by atoms with van der Waals surface area (Å²) in [6.07, 6.45) is 3.15. The van der Waals surface area contributed by atoms with Gasteiger partial charge in [0.15, 0.2) is 0 Å². The number of hydrogen-bond donors (Lipinski definition) is 1. The highest BCUT2D eigenvalue weighted by Crippen LogP contribution is 2.05. The highest BCUT2D eigenvalue weighted by molar-refractivity contribution is 5.67. The molecule has 0 aromatic heterocycles. The molecule has 0 spiro atoms. The Balaban J connectivity index is 0. The minimum atomic E-state index is -0.915. The first kappa shape index (κ1) is 20.2. The summed E-state index contributed by atoms with van der Waals surface area (Å²) in [5.74, 6) is -1.14. The Morgan fingerprint density at radius 1 is 1.21 bits per heavy atom. The van der Waals surface area contributed by atoms with Crippen molar-refractivity contribution < 1.29 is 28.9 Å². The SMILES string of the molecule is CCCC(CCOC(C)=O)OC.CCOCC(=O)O. The van der Waals surface area contributed by atoms with Crippen LogP contribution in [0.1, 0.15) is 40.0 Å². The molecule has 0 saturated heterocycles. The van der Waals surface area contributed by atoms with Crippen LogP contribution in [-0.2, 0) is 23.8 Å². The van der Waals surface area contributed by atoms with Crippen LogP contribution >= 0.6 is 0 Å². The summed E-state index contributed by atoms with van der Waals surface area (Å²) in [6.45, 7) is 6.03. The van der Waals surface area contributed by atoms with E-state index in [0.717, 1.165) is 19.3 Å². The quantitative estimate of drug-likeness (QED) is 0.648. The van der Waals surface area contributed by atoms with Gasteiger partial charge in [-0.25, -0.2) is 4.79 Å². The van der Waals surface area contributed by atoms with Gasteiger partial charge in [-0.1, -0.05) is 13.3 Å². The van der Waals surface area contributed by atoms with Gasteiger partial charge in [0, 0.05) is 27.1 Å². The molecule has 6 heteroatoms. The number of ether oxygens (including phenoxy) is 3. The van der Waals surface area contributed by atoms with E-state index in [1.54, 1.807) is 14.0 Å². The molecule has 0 aliphatic heterocycles. The van der Waals surface area contributed by atoms with E-state index in [0.29, 0.717) is 13.2 Å². The van der Waals surface area contributed by atoms with Crippen LogP contribution in [0.25, 0.3) is 0 Å². The van der Waals surface area contributed by atoms with Crippen LogP contribution < -0.4 is 0 Å². The van der Waals surface area contributed by atoms with E-state index in [-0.39, 0.29) is 18.7 Å². The highest BCUT2D eigenvalue weighted by Gasteiger charge is 2.05. The van der Waals surface area contributed by atoms with Gasteiger partial charge in [0.05, 0.1) is 12.7 Å². The van der Waals surface area contributed by atoms with Crippen LogP contribution in [0.3, 0.4) is 0 Å². The zero-order valence-corrected chi connectivity index (χ0v) is 12.3. The predicted molar refractivity (Wildman–Crippen MR) is 71.1 cm³/mol. The molecule has 1 N–H and O–H groups in total. The standard InChI is InChI=1S/C9H18O3.C4H8O3/c1-4-5-9(11-3)6-7-12-8(2)10;1-2-7-3-4(5)6/h9H,4-7H2,1-3H3;2-3H2,1H3,(H,5,6). The minimum Gasteiger partial charge on any atom is -0.480 e. The van der Waals surface area contributed by atoms with E-state index in [1.165, 1.54) is 6.92 Å². The molecule has 1 unspecified atom stereocenters. The van der Waals surface area contributed by atoms with Crippen LogP contribution in [0.5, 0.6) is 0 Å². The van der Waals surface area contributed by atoms with Crippen molar-refractivity contribution in [2.75, 3.05) is 26.9 Å². The number of carboxylic acid groups (broad SMARTS) is 1. The monoisotopic (exact) mass is 278 g/mol.